The second-order valence-electron chi connectivity index (χ2n) is 7.43. The standard InChI is InChI=1S/C23H21N5O6S2/c1-5-34-21(32)13-6-8-14(9-7-13)28-20(31)15(10-16(29)33-4)36-23(28)27-26-22-24-18(30)17-11(2)12(3)35-19(17)25-22/h6-10H,5H2,1-4H3,(H2,24,25,26,30)/b15-10-,27-23-. The molecule has 1 aliphatic rings. The van der Waals surface area contributed by atoms with E-state index in [-0.39, 0.29) is 28.2 Å². The minimum atomic E-state index is -0.697. The summed E-state index contributed by atoms with van der Waals surface area (Å²) in [6, 6.07) is 6.16. The number of benzene rings is 1. The van der Waals surface area contributed by atoms with Crippen LogP contribution >= 0.6 is 23.1 Å². The number of hydrogen-bond donors (Lipinski definition) is 2. The SMILES string of the molecule is CCOC(=O)c1ccc(N2C(=O)/C(=C/C(=O)OC)S/C2=N\Nc2nc3sc(C)c(C)c3c(=O)[nH]2)cc1. The molecule has 0 spiro atoms. The molecule has 3 heterocycles. The van der Waals surface area contributed by atoms with Gasteiger partial charge >= 0.3 is 11.9 Å². The lowest BCUT2D eigenvalue weighted by molar-refractivity contribution is -0.135. The van der Waals surface area contributed by atoms with E-state index in [1.807, 2.05) is 13.8 Å². The summed E-state index contributed by atoms with van der Waals surface area (Å²) < 4.78 is 9.63. The molecule has 1 aromatic carbocycles. The summed E-state index contributed by atoms with van der Waals surface area (Å²) in [6.45, 7) is 5.71. The molecule has 0 radical (unpaired) electrons. The summed E-state index contributed by atoms with van der Waals surface area (Å²) in [4.78, 5) is 59.4. The Morgan fingerprint density at radius 1 is 1.22 bits per heavy atom. The maximum atomic E-state index is 13.1. The molecule has 4 rings (SSSR count). The molecule has 1 aliphatic heterocycles. The van der Waals surface area contributed by atoms with Crippen LogP contribution in [0.25, 0.3) is 10.2 Å². The van der Waals surface area contributed by atoms with Gasteiger partial charge in [-0.15, -0.1) is 16.4 Å². The number of aromatic nitrogens is 2. The number of rotatable bonds is 6. The van der Waals surface area contributed by atoms with E-state index >= 15 is 0 Å². The number of carbonyl (C=O) groups is 3. The fraction of sp³-hybridized carbons (Fsp3) is 0.217. The third-order valence-corrected chi connectivity index (χ3v) is 7.26. The van der Waals surface area contributed by atoms with Gasteiger partial charge in [0.2, 0.25) is 5.95 Å². The quantitative estimate of drug-likeness (QED) is 0.280. The third kappa shape index (κ3) is 4.88. The highest BCUT2D eigenvalue weighted by Crippen LogP contribution is 2.35. The molecule has 2 N–H and O–H groups in total. The molecule has 1 fully saturated rings. The van der Waals surface area contributed by atoms with E-state index in [0.29, 0.717) is 21.5 Å². The van der Waals surface area contributed by atoms with Crippen molar-refractivity contribution in [3.63, 3.8) is 0 Å². The third-order valence-electron chi connectivity index (χ3n) is 5.19. The number of hydrogen-bond acceptors (Lipinski definition) is 11. The number of nitrogens with one attached hydrogen (secondary N) is 2. The van der Waals surface area contributed by atoms with Crippen LogP contribution in [0.3, 0.4) is 0 Å². The van der Waals surface area contributed by atoms with Gasteiger partial charge in [0.15, 0.2) is 5.17 Å². The van der Waals surface area contributed by atoms with Gasteiger partial charge in [-0.05, 0) is 62.4 Å². The predicted octanol–water partition coefficient (Wildman–Crippen LogP) is 3.30. The monoisotopic (exact) mass is 527 g/mol. The van der Waals surface area contributed by atoms with E-state index in [0.717, 1.165) is 28.3 Å². The predicted molar refractivity (Wildman–Crippen MR) is 138 cm³/mol. The second kappa shape index (κ2) is 10.3. The number of thioether (sulfide) groups is 1. The largest absolute Gasteiger partial charge is 0.466 e. The number of methoxy groups -OCH3 is 1. The number of amidine groups is 1. The molecular weight excluding hydrogens is 506 g/mol. The Hall–Kier alpha value is -3.97. The van der Waals surface area contributed by atoms with Crippen LogP contribution in [-0.4, -0.2) is 46.7 Å². The lowest BCUT2D eigenvalue weighted by Gasteiger charge is -2.16. The van der Waals surface area contributed by atoms with Crippen LogP contribution in [0.5, 0.6) is 0 Å². The van der Waals surface area contributed by atoms with Crippen molar-refractivity contribution in [1.82, 2.24) is 9.97 Å². The zero-order valence-corrected chi connectivity index (χ0v) is 21.3. The van der Waals surface area contributed by atoms with Gasteiger partial charge in [-0.1, -0.05) is 0 Å². The van der Waals surface area contributed by atoms with Crippen LogP contribution in [0.4, 0.5) is 11.6 Å². The molecule has 1 amide bonds. The van der Waals surface area contributed by atoms with Crippen molar-refractivity contribution in [3.8, 4) is 0 Å². The average Bonchev–Trinajstić information content (AvgIpc) is 3.32. The summed E-state index contributed by atoms with van der Waals surface area (Å²) in [5.74, 6) is -1.61. The maximum absolute atomic E-state index is 13.1. The van der Waals surface area contributed by atoms with Gasteiger partial charge in [0.05, 0.1) is 35.3 Å². The fourth-order valence-electron chi connectivity index (χ4n) is 3.31. The Kier molecular flexibility index (Phi) is 7.22. The summed E-state index contributed by atoms with van der Waals surface area (Å²) in [5.41, 5.74) is 3.98. The molecule has 13 heteroatoms. The zero-order chi connectivity index (χ0) is 26.0. The molecule has 0 unspecified atom stereocenters. The summed E-state index contributed by atoms with van der Waals surface area (Å²) in [5, 5.41) is 4.96. The van der Waals surface area contributed by atoms with E-state index in [2.05, 4.69) is 25.2 Å². The fourth-order valence-corrected chi connectivity index (χ4v) is 5.24. The number of thiophene rings is 1. The topological polar surface area (TPSA) is 143 Å². The molecule has 0 aliphatic carbocycles. The lowest BCUT2D eigenvalue weighted by Crippen LogP contribution is -2.29. The molecule has 11 nitrogen and oxygen atoms in total. The maximum Gasteiger partial charge on any atom is 0.338 e. The number of aromatic amines is 1. The van der Waals surface area contributed by atoms with Gasteiger partial charge < -0.3 is 9.47 Å². The average molecular weight is 528 g/mol. The Morgan fingerprint density at radius 3 is 2.61 bits per heavy atom. The number of anilines is 2. The van der Waals surface area contributed by atoms with Gasteiger partial charge in [-0.2, -0.15) is 0 Å². The highest BCUT2D eigenvalue weighted by atomic mass is 32.2. The molecule has 1 saturated heterocycles. The number of fused-ring (bicyclic) bond motifs is 1. The van der Waals surface area contributed by atoms with Crippen LogP contribution in [0, 0.1) is 13.8 Å². The van der Waals surface area contributed by atoms with Crippen molar-refractivity contribution in [1.29, 1.82) is 0 Å². The highest BCUT2D eigenvalue weighted by molar-refractivity contribution is 8.19. The first kappa shape index (κ1) is 25.1. The first-order valence-electron chi connectivity index (χ1n) is 10.7. The lowest BCUT2D eigenvalue weighted by atomic mass is 10.2. The molecular formula is C23H21N5O6S2. The van der Waals surface area contributed by atoms with E-state index in [4.69, 9.17) is 4.74 Å². The van der Waals surface area contributed by atoms with Crippen LogP contribution in [0.15, 0.2) is 45.1 Å². The number of ether oxygens (including phenoxy) is 2. The number of H-pyrrole nitrogens is 1. The number of esters is 2. The number of aryl methyl sites for hydroxylation is 2. The van der Waals surface area contributed by atoms with Crippen molar-refractivity contribution in [2.75, 3.05) is 24.0 Å². The van der Waals surface area contributed by atoms with Crippen molar-refractivity contribution >= 4 is 68.0 Å². The molecule has 36 heavy (non-hydrogen) atoms. The second-order valence-corrected chi connectivity index (χ2v) is 9.64. The number of carbonyl (C=O) groups excluding carboxylic acids is 3. The molecule has 0 bridgehead atoms. The van der Waals surface area contributed by atoms with Crippen molar-refractivity contribution in [3.05, 3.63) is 61.6 Å². The minimum Gasteiger partial charge on any atom is -0.466 e. The number of nitrogens with zero attached hydrogens (tertiary/aromatic N) is 3. The van der Waals surface area contributed by atoms with Crippen molar-refractivity contribution < 1.29 is 23.9 Å². The highest BCUT2D eigenvalue weighted by Gasteiger charge is 2.36. The summed E-state index contributed by atoms with van der Waals surface area (Å²) >= 11 is 2.33. The number of hydrazone groups is 1. The normalized spacial score (nSPS) is 15.7. The Morgan fingerprint density at radius 2 is 1.94 bits per heavy atom. The molecule has 186 valence electrons. The zero-order valence-electron chi connectivity index (χ0n) is 19.7. The van der Waals surface area contributed by atoms with Crippen LogP contribution < -0.4 is 15.9 Å². The molecule has 0 atom stereocenters. The van der Waals surface area contributed by atoms with E-state index < -0.39 is 17.8 Å². The van der Waals surface area contributed by atoms with Crippen LogP contribution in [0.2, 0.25) is 0 Å². The van der Waals surface area contributed by atoms with Gasteiger partial charge in [0, 0.05) is 11.0 Å². The Bertz CT molecular complexity index is 1490. The summed E-state index contributed by atoms with van der Waals surface area (Å²) in [6.07, 6.45) is 1.07. The molecule has 3 aromatic rings. The van der Waals surface area contributed by atoms with Gasteiger partial charge in [-0.25, -0.2) is 20.0 Å². The van der Waals surface area contributed by atoms with Gasteiger partial charge in [0.25, 0.3) is 11.5 Å². The van der Waals surface area contributed by atoms with Gasteiger partial charge in [0.1, 0.15) is 4.83 Å². The Balaban J connectivity index is 1.69. The van der Waals surface area contributed by atoms with E-state index in [1.165, 1.54) is 35.5 Å². The minimum absolute atomic E-state index is 0.0817. The smallest absolute Gasteiger partial charge is 0.338 e. The van der Waals surface area contributed by atoms with Crippen molar-refractivity contribution in [2.45, 2.75) is 20.8 Å². The van der Waals surface area contributed by atoms with E-state index in [9.17, 15) is 19.2 Å². The Labute approximate surface area is 213 Å². The molecule has 2 aromatic heterocycles. The molecule has 0 saturated carbocycles. The van der Waals surface area contributed by atoms with E-state index in [1.54, 1.807) is 19.1 Å². The summed E-state index contributed by atoms with van der Waals surface area (Å²) in [7, 11) is 1.21. The van der Waals surface area contributed by atoms with Crippen LogP contribution in [0.1, 0.15) is 27.7 Å². The van der Waals surface area contributed by atoms with Gasteiger partial charge in [-0.3, -0.25) is 19.5 Å². The number of amides is 1. The first-order chi connectivity index (χ1) is 17.2. The first-order valence-corrected chi connectivity index (χ1v) is 12.3. The van der Waals surface area contributed by atoms with Crippen LogP contribution in [-0.2, 0) is 19.1 Å². The van der Waals surface area contributed by atoms with Crippen molar-refractivity contribution in [2.24, 2.45) is 5.10 Å².